The molecule has 0 saturated carbocycles. The van der Waals surface area contributed by atoms with Crippen molar-refractivity contribution < 1.29 is 14.3 Å². The highest BCUT2D eigenvalue weighted by Gasteiger charge is 2.10. The van der Waals surface area contributed by atoms with Gasteiger partial charge in [-0.25, -0.2) is 4.98 Å². The zero-order chi connectivity index (χ0) is 15.2. The van der Waals surface area contributed by atoms with E-state index in [2.05, 4.69) is 20.8 Å². The average Bonchev–Trinajstić information content (AvgIpc) is 2.99. The Labute approximate surface area is 121 Å². The predicted octanol–water partition coefficient (Wildman–Crippen LogP) is 1.27. The normalized spacial score (nSPS) is 10.2. The van der Waals surface area contributed by atoms with Crippen molar-refractivity contribution in [2.45, 2.75) is 20.0 Å². The number of carbonyl (C=O) groups excluding carboxylic acids is 2. The molecule has 0 atom stereocenters. The minimum Gasteiger partial charge on any atom is -0.475 e. The topological polar surface area (TPSA) is 96.1 Å². The molecule has 7 heteroatoms. The lowest BCUT2D eigenvalue weighted by atomic mass is 10.3. The zero-order valence-corrected chi connectivity index (χ0v) is 11.7. The molecule has 21 heavy (non-hydrogen) atoms. The fourth-order valence-electron chi connectivity index (χ4n) is 1.55. The third kappa shape index (κ3) is 4.07. The van der Waals surface area contributed by atoms with Gasteiger partial charge in [-0.2, -0.15) is 0 Å². The van der Waals surface area contributed by atoms with Gasteiger partial charge in [-0.15, -0.1) is 0 Å². The van der Waals surface area contributed by atoms with Gasteiger partial charge in [-0.05, 0) is 32.0 Å². The van der Waals surface area contributed by atoms with E-state index in [4.69, 9.17) is 4.74 Å². The summed E-state index contributed by atoms with van der Waals surface area (Å²) in [5.74, 6) is -0.448. The molecule has 0 aromatic carbocycles. The van der Waals surface area contributed by atoms with Gasteiger partial charge >= 0.3 is 0 Å². The molecule has 0 fully saturated rings. The van der Waals surface area contributed by atoms with Crippen molar-refractivity contribution in [1.29, 1.82) is 0 Å². The molecule has 2 heterocycles. The molecule has 0 aliphatic heterocycles. The van der Waals surface area contributed by atoms with Gasteiger partial charge in [-0.3, -0.25) is 20.4 Å². The maximum Gasteiger partial charge on any atom is 0.286 e. The number of hydrogen-bond acceptors (Lipinski definition) is 4. The number of hydrazine groups is 1. The summed E-state index contributed by atoms with van der Waals surface area (Å²) < 4.78 is 5.38. The van der Waals surface area contributed by atoms with E-state index in [0.29, 0.717) is 17.1 Å². The Morgan fingerprint density at radius 3 is 2.52 bits per heavy atom. The van der Waals surface area contributed by atoms with Crippen LogP contribution in [-0.2, 0) is 0 Å². The van der Waals surface area contributed by atoms with Gasteiger partial charge in [0.1, 0.15) is 5.69 Å². The van der Waals surface area contributed by atoms with E-state index in [0.717, 1.165) is 0 Å². The molecule has 0 aliphatic rings. The van der Waals surface area contributed by atoms with E-state index < -0.39 is 11.8 Å². The lowest BCUT2D eigenvalue weighted by Crippen LogP contribution is -2.41. The number of aromatic nitrogens is 2. The van der Waals surface area contributed by atoms with Crippen LogP contribution in [0, 0.1) is 0 Å². The number of aromatic amines is 1. The second kappa shape index (κ2) is 6.56. The van der Waals surface area contributed by atoms with Gasteiger partial charge in [0, 0.05) is 18.5 Å². The number of ether oxygens (including phenoxy) is 1. The van der Waals surface area contributed by atoms with Crippen LogP contribution < -0.4 is 15.6 Å². The van der Waals surface area contributed by atoms with Crippen LogP contribution in [0.1, 0.15) is 34.7 Å². The molecule has 0 saturated heterocycles. The van der Waals surface area contributed by atoms with E-state index in [1.54, 1.807) is 30.5 Å². The molecular formula is C14H16N4O3. The van der Waals surface area contributed by atoms with Crippen LogP contribution in [0.25, 0.3) is 0 Å². The highest BCUT2D eigenvalue weighted by atomic mass is 16.5. The highest BCUT2D eigenvalue weighted by molar-refractivity contribution is 5.98. The monoisotopic (exact) mass is 288 g/mol. The number of nitrogens with one attached hydrogen (secondary N) is 3. The van der Waals surface area contributed by atoms with Crippen molar-refractivity contribution in [2.75, 3.05) is 0 Å². The van der Waals surface area contributed by atoms with Gasteiger partial charge in [0.25, 0.3) is 11.8 Å². The standard InChI is InChI=1S/C14H16N4O3/c1-9(2)21-12-6-5-10(8-16-12)13(19)17-18-14(20)11-4-3-7-15-11/h3-9,15H,1-2H3,(H,17,19)(H,18,20). The van der Waals surface area contributed by atoms with Crippen LogP contribution in [0.15, 0.2) is 36.7 Å². The molecule has 2 rings (SSSR count). The molecule has 2 amide bonds. The molecule has 3 N–H and O–H groups in total. The Morgan fingerprint density at radius 1 is 1.19 bits per heavy atom. The SMILES string of the molecule is CC(C)Oc1ccc(C(=O)NNC(=O)c2ccc[nH]2)cn1. The van der Waals surface area contributed by atoms with Gasteiger partial charge in [0.05, 0.1) is 11.7 Å². The fourth-order valence-corrected chi connectivity index (χ4v) is 1.55. The number of hydrogen-bond donors (Lipinski definition) is 3. The first kappa shape index (κ1) is 14.6. The third-order valence-corrected chi connectivity index (χ3v) is 2.49. The Balaban J connectivity index is 1.90. The zero-order valence-electron chi connectivity index (χ0n) is 11.7. The average molecular weight is 288 g/mol. The van der Waals surface area contributed by atoms with Crippen molar-refractivity contribution >= 4 is 11.8 Å². The first-order valence-electron chi connectivity index (χ1n) is 6.43. The molecular weight excluding hydrogens is 272 g/mol. The summed E-state index contributed by atoms with van der Waals surface area (Å²) in [6.45, 7) is 3.77. The Bertz CT molecular complexity index is 606. The largest absolute Gasteiger partial charge is 0.475 e. The smallest absolute Gasteiger partial charge is 0.286 e. The molecule has 0 spiro atoms. The summed E-state index contributed by atoms with van der Waals surface area (Å²) in [7, 11) is 0. The lowest BCUT2D eigenvalue weighted by Gasteiger charge is -2.09. The maximum atomic E-state index is 11.8. The number of pyridine rings is 1. The molecule has 0 bridgehead atoms. The number of nitrogens with zero attached hydrogens (tertiary/aromatic N) is 1. The minimum absolute atomic E-state index is 0.0114. The summed E-state index contributed by atoms with van der Waals surface area (Å²) in [5.41, 5.74) is 5.28. The van der Waals surface area contributed by atoms with Crippen molar-refractivity contribution in [1.82, 2.24) is 20.8 Å². The van der Waals surface area contributed by atoms with Gasteiger partial charge in [0.2, 0.25) is 5.88 Å². The Kier molecular flexibility index (Phi) is 4.55. The first-order chi connectivity index (χ1) is 10.1. The Hall–Kier alpha value is -2.83. The summed E-state index contributed by atoms with van der Waals surface area (Å²) >= 11 is 0. The number of carbonyl (C=O) groups is 2. The summed E-state index contributed by atoms with van der Waals surface area (Å²) in [6.07, 6.45) is 3.01. The summed E-state index contributed by atoms with van der Waals surface area (Å²) in [4.78, 5) is 30.2. The number of amides is 2. The molecule has 0 radical (unpaired) electrons. The third-order valence-electron chi connectivity index (χ3n) is 2.49. The Morgan fingerprint density at radius 2 is 1.95 bits per heavy atom. The number of rotatable bonds is 4. The van der Waals surface area contributed by atoms with Crippen molar-refractivity contribution in [3.63, 3.8) is 0 Å². The minimum atomic E-state index is -0.460. The summed E-state index contributed by atoms with van der Waals surface area (Å²) in [5, 5.41) is 0. The van der Waals surface area contributed by atoms with Crippen LogP contribution in [-0.4, -0.2) is 27.9 Å². The van der Waals surface area contributed by atoms with E-state index in [1.165, 1.54) is 6.20 Å². The van der Waals surface area contributed by atoms with Gasteiger partial charge in [0.15, 0.2) is 0 Å². The fraction of sp³-hybridized carbons (Fsp3) is 0.214. The van der Waals surface area contributed by atoms with Crippen molar-refractivity contribution in [3.8, 4) is 5.88 Å². The van der Waals surface area contributed by atoms with Crippen LogP contribution >= 0.6 is 0 Å². The van der Waals surface area contributed by atoms with Gasteiger partial charge < -0.3 is 9.72 Å². The molecule has 0 aliphatic carbocycles. The highest BCUT2D eigenvalue weighted by Crippen LogP contribution is 2.09. The first-order valence-corrected chi connectivity index (χ1v) is 6.43. The molecule has 2 aromatic rings. The number of H-pyrrole nitrogens is 1. The molecule has 2 aromatic heterocycles. The van der Waals surface area contributed by atoms with Crippen LogP contribution in [0.5, 0.6) is 5.88 Å². The van der Waals surface area contributed by atoms with Gasteiger partial charge in [-0.1, -0.05) is 0 Å². The van der Waals surface area contributed by atoms with E-state index >= 15 is 0 Å². The van der Waals surface area contributed by atoms with E-state index in [-0.39, 0.29) is 6.10 Å². The van der Waals surface area contributed by atoms with E-state index in [9.17, 15) is 9.59 Å². The van der Waals surface area contributed by atoms with Crippen LogP contribution in [0.4, 0.5) is 0 Å². The second-order valence-corrected chi connectivity index (χ2v) is 4.54. The quantitative estimate of drug-likeness (QED) is 0.738. The van der Waals surface area contributed by atoms with Crippen molar-refractivity contribution in [2.24, 2.45) is 0 Å². The second-order valence-electron chi connectivity index (χ2n) is 4.54. The lowest BCUT2D eigenvalue weighted by molar-refractivity contribution is 0.0844. The predicted molar refractivity (Wildman–Crippen MR) is 75.7 cm³/mol. The van der Waals surface area contributed by atoms with E-state index in [1.807, 2.05) is 13.8 Å². The molecule has 7 nitrogen and oxygen atoms in total. The maximum absolute atomic E-state index is 11.8. The van der Waals surface area contributed by atoms with Crippen LogP contribution in [0.2, 0.25) is 0 Å². The van der Waals surface area contributed by atoms with Crippen molar-refractivity contribution in [3.05, 3.63) is 47.9 Å². The summed E-state index contributed by atoms with van der Waals surface area (Å²) in [6, 6.07) is 6.46. The molecule has 0 unspecified atom stereocenters. The molecule has 110 valence electrons. The van der Waals surface area contributed by atoms with Crippen LogP contribution in [0.3, 0.4) is 0 Å².